The van der Waals surface area contributed by atoms with Crippen LogP contribution in [0, 0.1) is 6.92 Å². The minimum absolute atomic E-state index is 0.427. The third kappa shape index (κ3) is 4.85. The average Bonchev–Trinajstić information content (AvgIpc) is 2.31. The molecule has 0 heteroatoms. The summed E-state index contributed by atoms with van der Waals surface area (Å²) in [6.07, 6.45) is 4.42. The first-order valence-electron chi connectivity index (χ1n) is 7.36. The molecule has 108 valence electrons. The van der Waals surface area contributed by atoms with Gasteiger partial charge in [0.15, 0.2) is 0 Å². The minimum atomic E-state index is 0.427. The van der Waals surface area contributed by atoms with Gasteiger partial charge in [-0.15, -0.1) is 6.58 Å². The molecule has 0 heterocycles. The van der Waals surface area contributed by atoms with Crippen molar-refractivity contribution in [2.45, 2.75) is 53.4 Å². The van der Waals surface area contributed by atoms with Crippen molar-refractivity contribution in [3.05, 3.63) is 64.8 Å². The zero-order chi connectivity index (χ0) is 15.3. The molecule has 1 atom stereocenters. The van der Waals surface area contributed by atoms with Crippen molar-refractivity contribution in [3.63, 3.8) is 0 Å². The van der Waals surface area contributed by atoms with Gasteiger partial charge in [-0.3, -0.25) is 0 Å². The van der Waals surface area contributed by atoms with Gasteiger partial charge in [0.2, 0.25) is 0 Å². The van der Waals surface area contributed by atoms with Gasteiger partial charge in [-0.2, -0.15) is 0 Å². The van der Waals surface area contributed by atoms with Crippen LogP contribution in [0.3, 0.4) is 0 Å². The number of hydrogen-bond donors (Lipinski definition) is 0. The van der Waals surface area contributed by atoms with E-state index in [1.54, 1.807) is 0 Å². The number of aryl methyl sites for hydroxylation is 1. The van der Waals surface area contributed by atoms with Gasteiger partial charge in [0, 0.05) is 5.92 Å². The van der Waals surface area contributed by atoms with Crippen LogP contribution in [0.5, 0.6) is 0 Å². The summed E-state index contributed by atoms with van der Waals surface area (Å²) >= 11 is 0. The van der Waals surface area contributed by atoms with Crippen LogP contribution in [0.2, 0.25) is 0 Å². The lowest BCUT2D eigenvalue weighted by Crippen LogP contribution is -2.01. The lowest BCUT2D eigenvalue weighted by atomic mass is 9.86. The third-order valence-corrected chi connectivity index (χ3v) is 3.60. The Labute approximate surface area is 124 Å². The van der Waals surface area contributed by atoms with Crippen LogP contribution in [0.15, 0.2) is 48.1 Å². The van der Waals surface area contributed by atoms with Crippen LogP contribution >= 0.6 is 0 Å². The molecule has 0 aliphatic rings. The summed E-state index contributed by atoms with van der Waals surface area (Å²) in [7, 11) is 0. The summed E-state index contributed by atoms with van der Waals surface area (Å²) in [6, 6.07) is 6.79. The molecule has 0 saturated heterocycles. The Hall–Kier alpha value is -1.56. The zero-order valence-electron chi connectivity index (χ0n) is 13.7. The Morgan fingerprint density at radius 3 is 2.30 bits per heavy atom. The van der Waals surface area contributed by atoms with Crippen LogP contribution < -0.4 is 0 Å². The molecule has 0 bridgehead atoms. The molecule has 1 rings (SSSR count). The molecule has 0 aromatic heterocycles. The van der Waals surface area contributed by atoms with E-state index in [2.05, 4.69) is 72.1 Å². The van der Waals surface area contributed by atoms with Gasteiger partial charge < -0.3 is 0 Å². The number of allylic oxidation sites excluding steroid dienone is 3. The first-order valence-corrected chi connectivity index (χ1v) is 7.36. The molecule has 20 heavy (non-hydrogen) atoms. The highest BCUT2D eigenvalue weighted by Gasteiger charge is 2.13. The maximum Gasteiger partial charge on any atom is 0.00459 e. The SMILES string of the molecule is C=C(C)CCC(C(=C)C)c1ccc(C)c(C=C(C)C)c1. The third-order valence-electron chi connectivity index (χ3n) is 3.60. The second-order valence-electron chi connectivity index (χ2n) is 6.23. The summed E-state index contributed by atoms with van der Waals surface area (Å²) in [5.74, 6) is 0.427. The first-order chi connectivity index (χ1) is 9.31. The van der Waals surface area contributed by atoms with E-state index in [0.717, 1.165) is 12.8 Å². The molecular weight excluding hydrogens is 240 g/mol. The van der Waals surface area contributed by atoms with Gasteiger partial charge in [-0.25, -0.2) is 0 Å². The Morgan fingerprint density at radius 1 is 1.15 bits per heavy atom. The normalized spacial score (nSPS) is 11.8. The topological polar surface area (TPSA) is 0 Å². The molecule has 0 nitrogen and oxygen atoms in total. The van der Waals surface area contributed by atoms with E-state index in [0.29, 0.717) is 5.92 Å². The Kier molecular flexibility index (Phi) is 6.01. The van der Waals surface area contributed by atoms with Gasteiger partial charge in [0.05, 0.1) is 0 Å². The summed E-state index contributed by atoms with van der Waals surface area (Å²) in [6.45, 7) is 18.9. The van der Waals surface area contributed by atoms with E-state index in [9.17, 15) is 0 Å². The van der Waals surface area contributed by atoms with Crippen LogP contribution in [0.4, 0.5) is 0 Å². The lowest BCUT2D eigenvalue weighted by molar-refractivity contribution is 0.701. The fourth-order valence-corrected chi connectivity index (χ4v) is 2.43. The monoisotopic (exact) mass is 268 g/mol. The molecule has 1 unspecified atom stereocenters. The molecule has 0 spiro atoms. The first kappa shape index (κ1) is 16.5. The van der Waals surface area contributed by atoms with Gasteiger partial charge in [0.1, 0.15) is 0 Å². The molecule has 1 aromatic rings. The van der Waals surface area contributed by atoms with E-state index in [1.807, 2.05) is 0 Å². The van der Waals surface area contributed by atoms with Crippen molar-refractivity contribution >= 4 is 6.08 Å². The number of rotatable bonds is 6. The number of hydrogen-bond acceptors (Lipinski definition) is 0. The molecule has 1 aromatic carbocycles. The van der Waals surface area contributed by atoms with Crippen LogP contribution in [-0.2, 0) is 0 Å². The van der Waals surface area contributed by atoms with Crippen LogP contribution in [-0.4, -0.2) is 0 Å². The maximum atomic E-state index is 4.18. The van der Waals surface area contributed by atoms with E-state index in [1.165, 1.54) is 33.4 Å². The predicted molar refractivity (Wildman–Crippen MR) is 92.1 cm³/mol. The van der Waals surface area contributed by atoms with E-state index in [-0.39, 0.29) is 0 Å². The van der Waals surface area contributed by atoms with Crippen molar-refractivity contribution in [1.29, 1.82) is 0 Å². The molecule has 0 aliphatic heterocycles. The highest BCUT2D eigenvalue weighted by molar-refractivity contribution is 5.57. The minimum Gasteiger partial charge on any atom is -0.100 e. The fourth-order valence-electron chi connectivity index (χ4n) is 2.43. The second-order valence-corrected chi connectivity index (χ2v) is 6.23. The lowest BCUT2D eigenvalue weighted by Gasteiger charge is -2.19. The second kappa shape index (κ2) is 7.28. The van der Waals surface area contributed by atoms with E-state index < -0.39 is 0 Å². The number of benzene rings is 1. The molecule has 0 N–H and O–H groups in total. The Morgan fingerprint density at radius 2 is 1.80 bits per heavy atom. The molecule has 0 amide bonds. The smallest absolute Gasteiger partial charge is 0.00459 e. The largest absolute Gasteiger partial charge is 0.100 e. The van der Waals surface area contributed by atoms with Gasteiger partial charge >= 0.3 is 0 Å². The molecule has 0 saturated carbocycles. The molecule has 0 fully saturated rings. The molecular formula is C20H28. The highest BCUT2D eigenvalue weighted by atomic mass is 14.2. The summed E-state index contributed by atoms with van der Waals surface area (Å²) in [4.78, 5) is 0. The summed E-state index contributed by atoms with van der Waals surface area (Å²) in [5.41, 5.74) is 7.83. The van der Waals surface area contributed by atoms with Gasteiger partial charge in [-0.1, -0.05) is 47.6 Å². The van der Waals surface area contributed by atoms with Gasteiger partial charge in [0.25, 0.3) is 0 Å². The zero-order valence-corrected chi connectivity index (χ0v) is 13.7. The average molecular weight is 268 g/mol. The summed E-state index contributed by atoms with van der Waals surface area (Å²) < 4.78 is 0. The molecule has 0 radical (unpaired) electrons. The summed E-state index contributed by atoms with van der Waals surface area (Å²) in [5, 5.41) is 0. The van der Waals surface area contributed by atoms with Crippen molar-refractivity contribution in [1.82, 2.24) is 0 Å². The highest BCUT2D eigenvalue weighted by Crippen LogP contribution is 2.31. The van der Waals surface area contributed by atoms with Crippen LogP contribution in [0.1, 0.15) is 63.1 Å². The van der Waals surface area contributed by atoms with Crippen molar-refractivity contribution in [3.8, 4) is 0 Å². The van der Waals surface area contributed by atoms with Gasteiger partial charge in [-0.05, 0) is 64.2 Å². The van der Waals surface area contributed by atoms with E-state index >= 15 is 0 Å². The fraction of sp³-hybridized carbons (Fsp3) is 0.400. The molecule has 0 aliphatic carbocycles. The Bertz CT molecular complexity index is 525. The van der Waals surface area contributed by atoms with Crippen LogP contribution in [0.25, 0.3) is 6.08 Å². The predicted octanol–water partition coefficient (Wildman–Crippen LogP) is 6.43. The quantitative estimate of drug-likeness (QED) is 0.521. The van der Waals surface area contributed by atoms with E-state index in [4.69, 9.17) is 0 Å². The van der Waals surface area contributed by atoms with Crippen molar-refractivity contribution in [2.24, 2.45) is 0 Å². The maximum absolute atomic E-state index is 4.18. The standard InChI is InChI=1S/C20H28/c1-14(2)8-11-20(16(5)6)18-10-9-17(7)19(13-18)12-15(3)4/h9-10,12-13,20H,1,5,8,11H2,2-4,6-7H3. The van der Waals surface area contributed by atoms with Crippen molar-refractivity contribution in [2.75, 3.05) is 0 Å². The Balaban J connectivity index is 3.11. The van der Waals surface area contributed by atoms with Crippen molar-refractivity contribution < 1.29 is 0 Å².